The zero-order chi connectivity index (χ0) is 15.5. The zero-order valence-electron chi connectivity index (χ0n) is 12.1. The van der Waals surface area contributed by atoms with Gasteiger partial charge in [0.15, 0.2) is 0 Å². The van der Waals surface area contributed by atoms with Crippen LogP contribution < -0.4 is 4.72 Å². The van der Waals surface area contributed by atoms with Crippen LogP contribution in [0, 0.1) is 12.3 Å². The van der Waals surface area contributed by atoms with Gasteiger partial charge < -0.3 is 5.11 Å². The van der Waals surface area contributed by atoms with Crippen LogP contribution >= 0.6 is 0 Å². The van der Waals surface area contributed by atoms with Gasteiger partial charge in [0.1, 0.15) is 4.90 Å². The van der Waals surface area contributed by atoms with Gasteiger partial charge in [-0.3, -0.25) is 9.89 Å². The average Bonchev–Trinajstić information content (AvgIpc) is 2.73. The number of hydrogen-bond donors (Lipinski definition) is 3. The number of rotatable bonds is 5. The summed E-state index contributed by atoms with van der Waals surface area (Å²) in [5, 5.41) is 15.8. The molecule has 0 radical (unpaired) electrons. The molecule has 0 aliphatic heterocycles. The van der Waals surface area contributed by atoms with Crippen LogP contribution in [0.15, 0.2) is 11.1 Å². The van der Waals surface area contributed by atoms with E-state index in [-0.39, 0.29) is 11.4 Å². The predicted molar refractivity (Wildman–Crippen MR) is 76.3 cm³/mol. The van der Waals surface area contributed by atoms with E-state index in [4.69, 9.17) is 0 Å². The molecule has 1 aliphatic carbocycles. The van der Waals surface area contributed by atoms with E-state index in [1.807, 2.05) is 0 Å². The van der Waals surface area contributed by atoms with Gasteiger partial charge >= 0.3 is 5.97 Å². The summed E-state index contributed by atoms with van der Waals surface area (Å²) in [4.78, 5) is 11.7. The van der Waals surface area contributed by atoms with E-state index in [0.29, 0.717) is 18.5 Å². The third-order valence-electron chi connectivity index (χ3n) is 4.19. The van der Waals surface area contributed by atoms with Crippen LogP contribution in [-0.4, -0.2) is 36.2 Å². The summed E-state index contributed by atoms with van der Waals surface area (Å²) in [6.45, 7) is 1.54. The average molecular weight is 315 g/mol. The minimum absolute atomic E-state index is 0.0664. The number of carbonyl (C=O) groups is 1. The summed E-state index contributed by atoms with van der Waals surface area (Å²) in [5.74, 6) is -0.920. The Kier molecular flexibility index (Phi) is 4.67. The Morgan fingerprint density at radius 1 is 1.38 bits per heavy atom. The SMILES string of the molecule is Cc1[nH]ncc1S(=O)(=O)NCC1(C(=O)O)CCCCCC1. The summed E-state index contributed by atoms with van der Waals surface area (Å²) in [6.07, 6.45) is 5.89. The van der Waals surface area contributed by atoms with E-state index >= 15 is 0 Å². The fourth-order valence-corrected chi connectivity index (χ4v) is 4.06. The van der Waals surface area contributed by atoms with Gasteiger partial charge in [0.2, 0.25) is 10.0 Å². The Bertz CT molecular complexity index is 601. The van der Waals surface area contributed by atoms with Crippen molar-refractivity contribution in [3.8, 4) is 0 Å². The van der Waals surface area contributed by atoms with Gasteiger partial charge in [-0.25, -0.2) is 13.1 Å². The van der Waals surface area contributed by atoms with Crippen LogP contribution in [0.25, 0.3) is 0 Å². The van der Waals surface area contributed by atoms with Crippen LogP contribution in [0.4, 0.5) is 0 Å². The highest BCUT2D eigenvalue weighted by Gasteiger charge is 2.39. The van der Waals surface area contributed by atoms with Crippen molar-refractivity contribution in [2.24, 2.45) is 5.41 Å². The minimum atomic E-state index is -3.74. The van der Waals surface area contributed by atoms with Crippen molar-refractivity contribution in [2.45, 2.75) is 50.3 Å². The molecule has 0 spiro atoms. The van der Waals surface area contributed by atoms with Crippen LogP contribution in [0.1, 0.15) is 44.2 Å². The Morgan fingerprint density at radius 2 is 2.00 bits per heavy atom. The molecule has 1 aliphatic rings. The summed E-state index contributed by atoms with van der Waals surface area (Å²) >= 11 is 0. The topological polar surface area (TPSA) is 112 Å². The molecule has 118 valence electrons. The Hall–Kier alpha value is -1.41. The summed E-state index contributed by atoms with van der Waals surface area (Å²) < 4.78 is 26.9. The lowest BCUT2D eigenvalue weighted by atomic mass is 9.80. The number of aromatic amines is 1. The van der Waals surface area contributed by atoms with Crippen molar-refractivity contribution < 1.29 is 18.3 Å². The first-order valence-corrected chi connectivity index (χ1v) is 8.59. The molecule has 1 aromatic heterocycles. The number of carboxylic acid groups (broad SMARTS) is 1. The lowest BCUT2D eigenvalue weighted by molar-refractivity contribution is -0.149. The second-order valence-corrected chi connectivity index (χ2v) is 7.42. The first-order valence-electron chi connectivity index (χ1n) is 7.10. The number of hydrogen-bond acceptors (Lipinski definition) is 4. The molecule has 1 fully saturated rings. The predicted octanol–water partition coefficient (Wildman–Crippen LogP) is 1.42. The summed E-state index contributed by atoms with van der Waals surface area (Å²) in [7, 11) is -3.74. The molecule has 0 unspecified atom stereocenters. The van der Waals surface area contributed by atoms with Crippen molar-refractivity contribution >= 4 is 16.0 Å². The fraction of sp³-hybridized carbons (Fsp3) is 0.692. The molecule has 0 bridgehead atoms. The number of nitrogens with zero attached hydrogens (tertiary/aromatic N) is 1. The molecule has 0 saturated heterocycles. The highest BCUT2D eigenvalue weighted by atomic mass is 32.2. The van der Waals surface area contributed by atoms with Crippen molar-refractivity contribution in [2.75, 3.05) is 6.54 Å². The molecule has 3 N–H and O–H groups in total. The highest BCUT2D eigenvalue weighted by molar-refractivity contribution is 7.89. The van der Waals surface area contributed by atoms with E-state index in [1.165, 1.54) is 6.20 Å². The number of sulfonamides is 1. The summed E-state index contributed by atoms with van der Waals surface area (Å²) in [5.41, 5.74) is -0.561. The fourth-order valence-electron chi connectivity index (χ4n) is 2.79. The van der Waals surface area contributed by atoms with Crippen LogP contribution in [0.2, 0.25) is 0 Å². The maximum atomic E-state index is 12.2. The number of nitrogens with one attached hydrogen (secondary N) is 2. The van der Waals surface area contributed by atoms with Crippen LogP contribution in [0.5, 0.6) is 0 Å². The van der Waals surface area contributed by atoms with Crippen molar-refractivity contribution in [1.29, 1.82) is 0 Å². The maximum Gasteiger partial charge on any atom is 0.310 e. The normalized spacial score (nSPS) is 19.1. The molecule has 21 heavy (non-hydrogen) atoms. The van der Waals surface area contributed by atoms with E-state index in [2.05, 4.69) is 14.9 Å². The van der Waals surface area contributed by atoms with E-state index in [9.17, 15) is 18.3 Å². The third-order valence-corrected chi connectivity index (χ3v) is 5.70. The number of aromatic nitrogens is 2. The van der Waals surface area contributed by atoms with Crippen molar-refractivity contribution in [1.82, 2.24) is 14.9 Å². The van der Waals surface area contributed by atoms with Crippen molar-refractivity contribution in [3.05, 3.63) is 11.9 Å². The van der Waals surface area contributed by atoms with E-state index in [1.54, 1.807) is 6.92 Å². The number of H-pyrrole nitrogens is 1. The van der Waals surface area contributed by atoms with Crippen LogP contribution in [-0.2, 0) is 14.8 Å². The lowest BCUT2D eigenvalue weighted by Gasteiger charge is -2.28. The number of aliphatic carboxylic acids is 1. The van der Waals surface area contributed by atoms with E-state index < -0.39 is 21.4 Å². The smallest absolute Gasteiger partial charge is 0.310 e. The number of carboxylic acids is 1. The second kappa shape index (κ2) is 6.15. The molecular formula is C13H21N3O4S. The minimum Gasteiger partial charge on any atom is -0.481 e. The Morgan fingerprint density at radius 3 is 2.48 bits per heavy atom. The van der Waals surface area contributed by atoms with Gasteiger partial charge in [-0.15, -0.1) is 0 Å². The molecule has 1 aromatic rings. The third kappa shape index (κ3) is 3.44. The molecule has 2 rings (SSSR count). The quantitative estimate of drug-likeness (QED) is 0.711. The van der Waals surface area contributed by atoms with Gasteiger partial charge in [-0.1, -0.05) is 25.7 Å². The first-order chi connectivity index (χ1) is 9.87. The van der Waals surface area contributed by atoms with E-state index in [0.717, 1.165) is 25.7 Å². The largest absolute Gasteiger partial charge is 0.481 e. The Labute approximate surface area is 124 Å². The van der Waals surface area contributed by atoms with Gasteiger partial charge in [0.25, 0.3) is 0 Å². The van der Waals surface area contributed by atoms with Gasteiger partial charge in [-0.05, 0) is 19.8 Å². The van der Waals surface area contributed by atoms with Gasteiger partial charge in [-0.2, -0.15) is 5.10 Å². The Balaban J connectivity index is 2.15. The molecule has 0 atom stereocenters. The van der Waals surface area contributed by atoms with Gasteiger partial charge in [0.05, 0.1) is 17.3 Å². The highest BCUT2D eigenvalue weighted by Crippen LogP contribution is 2.35. The first kappa shape index (κ1) is 16.0. The molecular weight excluding hydrogens is 294 g/mol. The molecule has 7 nitrogen and oxygen atoms in total. The molecule has 1 heterocycles. The summed E-state index contributed by atoms with van der Waals surface area (Å²) in [6, 6.07) is 0. The molecule has 0 aromatic carbocycles. The maximum absolute atomic E-state index is 12.2. The molecule has 1 saturated carbocycles. The van der Waals surface area contributed by atoms with Gasteiger partial charge in [0, 0.05) is 6.54 Å². The van der Waals surface area contributed by atoms with Crippen LogP contribution in [0.3, 0.4) is 0 Å². The standard InChI is InChI=1S/C13H21N3O4S/c1-10-11(8-14-16-10)21(19,20)15-9-13(12(17)18)6-4-2-3-5-7-13/h8,15H,2-7,9H2,1H3,(H,14,16)(H,17,18). The lowest BCUT2D eigenvalue weighted by Crippen LogP contribution is -2.42. The number of aryl methyl sites for hydroxylation is 1. The van der Waals surface area contributed by atoms with Crippen molar-refractivity contribution in [3.63, 3.8) is 0 Å². The molecule has 0 amide bonds. The molecule has 8 heteroatoms. The second-order valence-electron chi connectivity index (χ2n) is 5.68. The zero-order valence-corrected chi connectivity index (χ0v) is 12.9. The monoisotopic (exact) mass is 315 g/mol.